The van der Waals surface area contributed by atoms with Crippen LogP contribution in [-0.4, -0.2) is 22.2 Å². The van der Waals surface area contributed by atoms with Gasteiger partial charge < -0.3 is 5.32 Å². The summed E-state index contributed by atoms with van der Waals surface area (Å²) < 4.78 is 40.1. The van der Waals surface area contributed by atoms with Gasteiger partial charge in [0, 0.05) is 24.9 Å². The summed E-state index contributed by atoms with van der Waals surface area (Å²) in [6.07, 6.45) is -0.440. The summed E-state index contributed by atoms with van der Waals surface area (Å²) in [4.78, 5) is 11.5. The molecular weight excluding hydrogens is 319 g/mol. The van der Waals surface area contributed by atoms with E-state index in [4.69, 9.17) is 11.6 Å². The highest BCUT2D eigenvalue weighted by Gasteiger charge is 2.41. The van der Waals surface area contributed by atoms with Gasteiger partial charge in [-0.1, -0.05) is 11.6 Å². The van der Waals surface area contributed by atoms with E-state index in [2.05, 4.69) is 10.4 Å². The van der Waals surface area contributed by atoms with Crippen LogP contribution < -0.4 is 5.32 Å². The van der Waals surface area contributed by atoms with Crippen LogP contribution in [0.3, 0.4) is 0 Å². The van der Waals surface area contributed by atoms with Crippen molar-refractivity contribution in [3.8, 4) is 0 Å². The smallest absolute Gasteiger partial charge is 0.356 e. The SMILES string of the molecule is O=C(NCCCn1nc(C(F)(F)F)c(Cl)c1C1CC1)C1CC1. The van der Waals surface area contributed by atoms with E-state index in [1.165, 1.54) is 4.68 Å². The van der Waals surface area contributed by atoms with Gasteiger partial charge in [-0.25, -0.2) is 0 Å². The fraction of sp³-hybridized carbons (Fsp3) is 0.714. The number of hydrogen-bond donors (Lipinski definition) is 1. The Kier molecular flexibility index (Phi) is 4.09. The average molecular weight is 336 g/mol. The zero-order valence-corrected chi connectivity index (χ0v) is 12.7. The lowest BCUT2D eigenvalue weighted by Crippen LogP contribution is -2.26. The third kappa shape index (κ3) is 3.39. The quantitative estimate of drug-likeness (QED) is 0.810. The Labute approximate surface area is 131 Å². The molecule has 2 saturated carbocycles. The number of carbonyl (C=O) groups is 1. The van der Waals surface area contributed by atoms with E-state index in [9.17, 15) is 18.0 Å². The zero-order chi connectivity index (χ0) is 15.9. The molecule has 22 heavy (non-hydrogen) atoms. The minimum Gasteiger partial charge on any atom is -0.356 e. The minimum absolute atomic E-state index is 0.0388. The Bertz CT molecular complexity index is 577. The van der Waals surface area contributed by atoms with Crippen molar-refractivity contribution in [2.45, 2.75) is 50.7 Å². The summed E-state index contributed by atoms with van der Waals surface area (Å²) in [7, 11) is 0. The van der Waals surface area contributed by atoms with Gasteiger partial charge in [0.05, 0.1) is 10.7 Å². The van der Waals surface area contributed by atoms with E-state index < -0.39 is 11.9 Å². The molecule has 2 aliphatic carbocycles. The fourth-order valence-corrected chi connectivity index (χ4v) is 2.88. The highest BCUT2D eigenvalue weighted by molar-refractivity contribution is 6.32. The molecule has 122 valence electrons. The number of nitrogens with zero attached hydrogens (tertiary/aromatic N) is 2. The molecule has 0 atom stereocenters. The van der Waals surface area contributed by atoms with Crippen molar-refractivity contribution >= 4 is 17.5 Å². The van der Waals surface area contributed by atoms with E-state index in [1.807, 2.05) is 0 Å². The second kappa shape index (κ2) is 5.76. The molecular formula is C14H17ClF3N3O. The number of halogens is 4. The maximum Gasteiger partial charge on any atom is 0.436 e. The molecule has 0 radical (unpaired) electrons. The van der Waals surface area contributed by atoms with E-state index in [0.29, 0.717) is 25.2 Å². The fourth-order valence-electron chi connectivity index (χ4n) is 2.48. The molecule has 2 fully saturated rings. The topological polar surface area (TPSA) is 46.9 Å². The van der Waals surface area contributed by atoms with Crippen molar-refractivity contribution in [3.05, 3.63) is 16.4 Å². The van der Waals surface area contributed by atoms with Crippen LogP contribution in [0.2, 0.25) is 5.02 Å². The number of aryl methyl sites for hydroxylation is 1. The van der Waals surface area contributed by atoms with Crippen molar-refractivity contribution in [2.24, 2.45) is 5.92 Å². The first kappa shape index (κ1) is 15.6. The molecule has 8 heteroatoms. The predicted octanol–water partition coefficient (Wildman–Crippen LogP) is 3.35. The summed E-state index contributed by atoms with van der Waals surface area (Å²) in [5.41, 5.74) is -0.513. The van der Waals surface area contributed by atoms with Gasteiger partial charge in [0.2, 0.25) is 5.91 Å². The predicted molar refractivity (Wildman–Crippen MR) is 74.6 cm³/mol. The molecule has 0 aliphatic heterocycles. The highest BCUT2D eigenvalue weighted by Crippen LogP contribution is 2.46. The molecule has 1 aromatic rings. The van der Waals surface area contributed by atoms with Gasteiger partial charge in [-0.05, 0) is 32.1 Å². The number of amides is 1. The summed E-state index contributed by atoms with van der Waals surface area (Å²) in [6, 6.07) is 0. The Balaban J connectivity index is 1.63. The van der Waals surface area contributed by atoms with Gasteiger partial charge >= 0.3 is 6.18 Å². The molecule has 2 aliphatic rings. The third-order valence-corrected chi connectivity index (χ3v) is 4.33. The Morgan fingerprint density at radius 2 is 2.00 bits per heavy atom. The van der Waals surface area contributed by atoms with Crippen LogP contribution in [0, 0.1) is 5.92 Å². The number of alkyl halides is 3. The number of carbonyl (C=O) groups excluding carboxylic acids is 1. The van der Waals surface area contributed by atoms with Crippen LogP contribution in [0.5, 0.6) is 0 Å². The lowest BCUT2D eigenvalue weighted by molar-refractivity contribution is -0.141. The summed E-state index contributed by atoms with van der Waals surface area (Å²) in [5, 5.41) is 6.18. The zero-order valence-electron chi connectivity index (χ0n) is 11.9. The normalized spacial score (nSPS) is 18.5. The summed E-state index contributed by atoms with van der Waals surface area (Å²) in [6.45, 7) is 0.769. The van der Waals surface area contributed by atoms with Gasteiger partial charge in [0.1, 0.15) is 0 Å². The van der Waals surface area contributed by atoms with E-state index in [0.717, 1.165) is 25.7 Å². The van der Waals surface area contributed by atoms with Gasteiger partial charge in [-0.15, -0.1) is 0 Å². The minimum atomic E-state index is -4.54. The van der Waals surface area contributed by atoms with Gasteiger partial charge in [-0.3, -0.25) is 9.48 Å². The lowest BCUT2D eigenvalue weighted by Gasteiger charge is -2.08. The van der Waals surface area contributed by atoms with Crippen LogP contribution in [0.15, 0.2) is 0 Å². The number of rotatable bonds is 6. The van der Waals surface area contributed by atoms with Crippen molar-refractivity contribution in [1.29, 1.82) is 0 Å². The highest BCUT2D eigenvalue weighted by atomic mass is 35.5. The van der Waals surface area contributed by atoms with Gasteiger partial charge in [0.25, 0.3) is 0 Å². The first-order chi connectivity index (χ1) is 10.4. The largest absolute Gasteiger partial charge is 0.436 e. The molecule has 0 bridgehead atoms. The van der Waals surface area contributed by atoms with Crippen LogP contribution >= 0.6 is 11.6 Å². The standard InChI is InChI=1S/C14H17ClF3N3O/c15-10-11(8-2-3-8)21(20-12(10)14(16,17)18)7-1-6-19-13(22)9-4-5-9/h8-9H,1-7H2,(H,19,22). The maximum absolute atomic E-state index is 12.9. The molecule has 1 heterocycles. The van der Waals surface area contributed by atoms with Crippen molar-refractivity contribution < 1.29 is 18.0 Å². The van der Waals surface area contributed by atoms with Crippen molar-refractivity contribution in [3.63, 3.8) is 0 Å². The van der Waals surface area contributed by atoms with Crippen LogP contribution in [-0.2, 0) is 17.5 Å². The summed E-state index contributed by atoms with van der Waals surface area (Å²) >= 11 is 5.89. The molecule has 3 rings (SSSR count). The molecule has 0 unspecified atom stereocenters. The molecule has 1 N–H and O–H groups in total. The maximum atomic E-state index is 12.9. The van der Waals surface area contributed by atoms with Gasteiger partial charge in [0.15, 0.2) is 5.69 Å². The van der Waals surface area contributed by atoms with Gasteiger partial charge in [-0.2, -0.15) is 18.3 Å². The molecule has 0 spiro atoms. The third-order valence-electron chi connectivity index (χ3n) is 3.96. The lowest BCUT2D eigenvalue weighted by atomic mass is 10.2. The molecule has 0 aromatic carbocycles. The Hall–Kier alpha value is -1.24. The Morgan fingerprint density at radius 1 is 1.32 bits per heavy atom. The van der Waals surface area contributed by atoms with Crippen LogP contribution in [0.25, 0.3) is 0 Å². The molecule has 1 amide bonds. The second-order valence-electron chi connectivity index (χ2n) is 5.96. The van der Waals surface area contributed by atoms with E-state index in [1.54, 1.807) is 0 Å². The first-order valence-electron chi connectivity index (χ1n) is 7.49. The number of hydrogen-bond acceptors (Lipinski definition) is 2. The van der Waals surface area contributed by atoms with E-state index in [-0.39, 0.29) is 22.8 Å². The monoisotopic (exact) mass is 335 g/mol. The van der Waals surface area contributed by atoms with Crippen LogP contribution in [0.4, 0.5) is 13.2 Å². The number of nitrogens with one attached hydrogen (secondary N) is 1. The molecule has 1 aromatic heterocycles. The molecule has 0 saturated heterocycles. The first-order valence-corrected chi connectivity index (χ1v) is 7.87. The second-order valence-corrected chi connectivity index (χ2v) is 6.34. The van der Waals surface area contributed by atoms with Crippen molar-refractivity contribution in [1.82, 2.24) is 15.1 Å². The van der Waals surface area contributed by atoms with Crippen LogP contribution in [0.1, 0.15) is 49.4 Å². The average Bonchev–Trinajstić information content (AvgIpc) is 3.32. The summed E-state index contributed by atoms with van der Waals surface area (Å²) in [5.74, 6) is 0.257. The number of aromatic nitrogens is 2. The van der Waals surface area contributed by atoms with E-state index >= 15 is 0 Å². The van der Waals surface area contributed by atoms with Crippen molar-refractivity contribution in [2.75, 3.05) is 6.54 Å². The Morgan fingerprint density at radius 3 is 2.55 bits per heavy atom. The molecule has 4 nitrogen and oxygen atoms in total.